The van der Waals surface area contributed by atoms with E-state index in [1.54, 1.807) is 0 Å². The van der Waals surface area contributed by atoms with Crippen LogP contribution in [0.25, 0.3) is 0 Å². The molecular weight excluding hydrogens is 192 g/mol. The highest BCUT2D eigenvalue weighted by Crippen LogP contribution is 2.23. The van der Waals surface area contributed by atoms with Crippen molar-refractivity contribution in [1.29, 1.82) is 0 Å². The molecule has 1 saturated carbocycles. The van der Waals surface area contributed by atoms with Crippen LogP contribution in [0.5, 0.6) is 0 Å². The Morgan fingerprint density at radius 3 is 2.57 bits per heavy atom. The normalized spacial score (nSPS) is 17.9. The summed E-state index contributed by atoms with van der Waals surface area (Å²) in [5.74, 6) is 0. The second-order valence-electron chi connectivity index (χ2n) is 4.14. The molecule has 2 N–H and O–H groups in total. The van der Waals surface area contributed by atoms with Crippen LogP contribution in [0.2, 0.25) is 0 Å². The molecule has 0 aliphatic heterocycles. The molecule has 1 rings (SSSR count). The van der Waals surface area contributed by atoms with Crippen molar-refractivity contribution in [1.82, 2.24) is 4.90 Å². The maximum atomic E-state index is 5.49. The first-order valence-corrected chi connectivity index (χ1v) is 6.17. The summed E-state index contributed by atoms with van der Waals surface area (Å²) in [7, 11) is 0. The minimum absolute atomic E-state index is 0.660. The monoisotopic (exact) mass is 214 g/mol. The third kappa shape index (κ3) is 3.93. The van der Waals surface area contributed by atoms with E-state index in [4.69, 9.17) is 18.0 Å². The van der Waals surface area contributed by atoms with Gasteiger partial charge in [0.15, 0.2) is 0 Å². The van der Waals surface area contributed by atoms with E-state index in [0.717, 1.165) is 18.9 Å². The Morgan fingerprint density at radius 2 is 2.07 bits per heavy atom. The summed E-state index contributed by atoms with van der Waals surface area (Å²) in [5.41, 5.74) is 5.49. The molecule has 1 fully saturated rings. The quantitative estimate of drug-likeness (QED) is 0.688. The molecule has 0 aromatic heterocycles. The Morgan fingerprint density at radius 1 is 1.43 bits per heavy atom. The zero-order valence-electron chi connectivity index (χ0n) is 9.17. The van der Waals surface area contributed by atoms with Crippen LogP contribution in [0.1, 0.15) is 45.4 Å². The molecule has 1 aliphatic rings. The molecule has 0 heterocycles. The van der Waals surface area contributed by atoms with Gasteiger partial charge in [-0.2, -0.15) is 0 Å². The SMILES string of the molecule is CCN(CCCC(N)=S)C1CCCC1. The molecular formula is C11H22N2S. The van der Waals surface area contributed by atoms with E-state index in [1.807, 2.05) is 0 Å². The lowest BCUT2D eigenvalue weighted by Gasteiger charge is -2.27. The predicted octanol–water partition coefficient (Wildman–Crippen LogP) is 2.32. The van der Waals surface area contributed by atoms with Gasteiger partial charge in [0, 0.05) is 6.04 Å². The molecule has 14 heavy (non-hydrogen) atoms. The Labute approximate surface area is 92.8 Å². The van der Waals surface area contributed by atoms with Crippen LogP contribution in [0.3, 0.4) is 0 Å². The molecule has 82 valence electrons. The summed E-state index contributed by atoms with van der Waals surface area (Å²) >= 11 is 4.88. The third-order valence-corrected chi connectivity index (χ3v) is 3.32. The van der Waals surface area contributed by atoms with Crippen LogP contribution < -0.4 is 5.73 Å². The molecule has 0 saturated heterocycles. The van der Waals surface area contributed by atoms with Crippen molar-refractivity contribution < 1.29 is 0 Å². The summed E-state index contributed by atoms with van der Waals surface area (Å²) in [4.78, 5) is 3.25. The van der Waals surface area contributed by atoms with Crippen LogP contribution >= 0.6 is 12.2 Å². The zero-order valence-corrected chi connectivity index (χ0v) is 9.98. The molecule has 0 radical (unpaired) electrons. The molecule has 3 heteroatoms. The largest absolute Gasteiger partial charge is 0.393 e. The van der Waals surface area contributed by atoms with Crippen LogP contribution in [-0.4, -0.2) is 29.0 Å². The van der Waals surface area contributed by atoms with Gasteiger partial charge < -0.3 is 10.6 Å². The molecule has 0 atom stereocenters. The second-order valence-corrected chi connectivity index (χ2v) is 4.66. The van der Waals surface area contributed by atoms with Crippen LogP contribution in [0, 0.1) is 0 Å². The number of nitrogens with zero attached hydrogens (tertiary/aromatic N) is 1. The Balaban J connectivity index is 2.20. The molecule has 0 aromatic carbocycles. The number of thiocarbonyl (C=S) groups is 1. The Kier molecular flexibility index (Phi) is 5.41. The van der Waals surface area contributed by atoms with Crippen molar-refractivity contribution in [3.05, 3.63) is 0 Å². The number of hydrogen-bond donors (Lipinski definition) is 1. The highest BCUT2D eigenvalue weighted by Gasteiger charge is 2.20. The number of nitrogens with two attached hydrogens (primary N) is 1. The van der Waals surface area contributed by atoms with Gasteiger partial charge in [-0.3, -0.25) is 0 Å². The zero-order chi connectivity index (χ0) is 10.4. The summed E-state index contributed by atoms with van der Waals surface area (Å²) in [6.07, 6.45) is 7.63. The van der Waals surface area contributed by atoms with E-state index in [0.29, 0.717) is 4.99 Å². The van der Waals surface area contributed by atoms with Gasteiger partial charge >= 0.3 is 0 Å². The average Bonchev–Trinajstić information content (AvgIpc) is 2.64. The first-order valence-electron chi connectivity index (χ1n) is 5.76. The number of rotatable bonds is 6. The molecule has 1 aliphatic carbocycles. The minimum atomic E-state index is 0.660. The molecule has 2 nitrogen and oxygen atoms in total. The molecule has 0 amide bonds. The predicted molar refractivity (Wildman–Crippen MR) is 65.5 cm³/mol. The van der Waals surface area contributed by atoms with Gasteiger partial charge in [-0.25, -0.2) is 0 Å². The molecule has 0 aromatic rings. The lowest BCUT2D eigenvalue weighted by molar-refractivity contribution is 0.208. The van der Waals surface area contributed by atoms with Crippen LogP contribution in [-0.2, 0) is 0 Å². The van der Waals surface area contributed by atoms with Crippen molar-refractivity contribution in [2.24, 2.45) is 5.73 Å². The van der Waals surface area contributed by atoms with E-state index >= 15 is 0 Å². The Bertz CT molecular complexity index is 176. The molecule has 0 spiro atoms. The van der Waals surface area contributed by atoms with Gasteiger partial charge in [0.05, 0.1) is 4.99 Å². The van der Waals surface area contributed by atoms with Crippen LogP contribution in [0.15, 0.2) is 0 Å². The van der Waals surface area contributed by atoms with Gasteiger partial charge in [-0.1, -0.05) is 32.0 Å². The maximum Gasteiger partial charge on any atom is 0.0727 e. The summed E-state index contributed by atoms with van der Waals surface area (Å²) in [6, 6.07) is 0.839. The van der Waals surface area contributed by atoms with E-state index in [9.17, 15) is 0 Å². The second kappa shape index (κ2) is 6.36. The van der Waals surface area contributed by atoms with Gasteiger partial charge in [-0.05, 0) is 38.8 Å². The minimum Gasteiger partial charge on any atom is -0.393 e. The van der Waals surface area contributed by atoms with Crippen molar-refractivity contribution in [3.8, 4) is 0 Å². The van der Waals surface area contributed by atoms with Crippen molar-refractivity contribution in [3.63, 3.8) is 0 Å². The maximum absolute atomic E-state index is 5.49. The number of hydrogen-bond acceptors (Lipinski definition) is 2. The highest BCUT2D eigenvalue weighted by molar-refractivity contribution is 7.80. The van der Waals surface area contributed by atoms with Crippen molar-refractivity contribution in [2.45, 2.75) is 51.5 Å². The van der Waals surface area contributed by atoms with Crippen LogP contribution in [0.4, 0.5) is 0 Å². The van der Waals surface area contributed by atoms with E-state index in [-0.39, 0.29) is 0 Å². The van der Waals surface area contributed by atoms with Gasteiger partial charge in [-0.15, -0.1) is 0 Å². The van der Waals surface area contributed by atoms with E-state index in [2.05, 4.69) is 11.8 Å². The summed E-state index contributed by atoms with van der Waals surface area (Å²) in [5, 5.41) is 0. The van der Waals surface area contributed by atoms with Crippen molar-refractivity contribution >= 4 is 17.2 Å². The Hall–Kier alpha value is -0.150. The highest BCUT2D eigenvalue weighted by atomic mass is 32.1. The standard InChI is InChI=1S/C11H22N2S/c1-2-13(9-5-8-11(12)14)10-6-3-4-7-10/h10H,2-9H2,1H3,(H2,12,14). The fraction of sp³-hybridized carbons (Fsp3) is 0.909. The van der Waals surface area contributed by atoms with Gasteiger partial charge in [0.1, 0.15) is 0 Å². The molecule has 0 bridgehead atoms. The van der Waals surface area contributed by atoms with Crippen molar-refractivity contribution in [2.75, 3.05) is 13.1 Å². The summed E-state index contributed by atoms with van der Waals surface area (Å²) < 4.78 is 0. The van der Waals surface area contributed by atoms with E-state index in [1.165, 1.54) is 38.8 Å². The lowest BCUT2D eigenvalue weighted by atomic mass is 10.2. The first-order chi connectivity index (χ1) is 6.74. The lowest BCUT2D eigenvalue weighted by Crippen LogP contribution is -2.34. The smallest absolute Gasteiger partial charge is 0.0727 e. The first kappa shape index (κ1) is 11.9. The third-order valence-electron chi connectivity index (χ3n) is 3.12. The van der Waals surface area contributed by atoms with E-state index < -0.39 is 0 Å². The molecule has 0 unspecified atom stereocenters. The topological polar surface area (TPSA) is 29.3 Å². The summed E-state index contributed by atoms with van der Waals surface area (Å²) in [6.45, 7) is 4.58. The van der Waals surface area contributed by atoms with Gasteiger partial charge in [0.25, 0.3) is 0 Å². The average molecular weight is 214 g/mol. The fourth-order valence-electron chi connectivity index (χ4n) is 2.32. The van der Waals surface area contributed by atoms with Gasteiger partial charge in [0.2, 0.25) is 0 Å². The fourth-order valence-corrected chi connectivity index (χ4v) is 2.47.